The maximum atomic E-state index is 14.1. The standard InChI is InChI=1S/C12H12FN3O4/c13-10-2-1-8(16(17)18)3-9(10)12-6-19-4-7(12)5-20-11(14)15-12/h1-3,7H,4-6H2,(H2,14,15)/t7-,12-/m0/s1. The monoisotopic (exact) mass is 281 g/mol. The number of hydrogen-bond acceptors (Lipinski definition) is 6. The Labute approximate surface area is 113 Å². The predicted octanol–water partition coefficient (Wildman–Crippen LogP) is 0.921. The third kappa shape index (κ3) is 1.80. The summed E-state index contributed by atoms with van der Waals surface area (Å²) in [6, 6.07) is 3.32. The first-order valence-corrected chi connectivity index (χ1v) is 6.03. The van der Waals surface area contributed by atoms with Crippen LogP contribution in [0.3, 0.4) is 0 Å². The summed E-state index contributed by atoms with van der Waals surface area (Å²) in [6.07, 6.45) is 0. The van der Waals surface area contributed by atoms with Crippen LogP contribution in [0.4, 0.5) is 10.1 Å². The molecule has 2 aliphatic rings. The molecule has 2 heterocycles. The summed E-state index contributed by atoms with van der Waals surface area (Å²) in [7, 11) is 0. The molecule has 1 aromatic rings. The number of rotatable bonds is 2. The second kappa shape index (κ2) is 4.41. The van der Waals surface area contributed by atoms with Gasteiger partial charge >= 0.3 is 0 Å². The average Bonchev–Trinajstić information content (AvgIpc) is 2.82. The zero-order valence-electron chi connectivity index (χ0n) is 10.4. The second-order valence-corrected chi connectivity index (χ2v) is 4.82. The van der Waals surface area contributed by atoms with Gasteiger partial charge in [-0.2, -0.15) is 0 Å². The molecule has 0 bridgehead atoms. The molecule has 3 rings (SSSR count). The van der Waals surface area contributed by atoms with Gasteiger partial charge in [-0.25, -0.2) is 9.38 Å². The fraction of sp³-hybridized carbons (Fsp3) is 0.417. The lowest BCUT2D eigenvalue weighted by Crippen LogP contribution is -2.43. The number of fused-ring (bicyclic) bond motifs is 1. The third-order valence-corrected chi connectivity index (χ3v) is 3.69. The number of amidine groups is 1. The number of halogens is 1. The van der Waals surface area contributed by atoms with Gasteiger partial charge in [0, 0.05) is 23.6 Å². The molecule has 0 spiro atoms. The van der Waals surface area contributed by atoms with Gasteiger partial charge in [-0.3, -0.25) is 10.1 Å². The Morgan fingerprint density at radius 1 is 1.50 bits per heavy atom. The van der Waals surface area contributed by atoms with E-state index in [1.165, 1.54) is 6.07 Å². The topological polar surface area (TPSA) is 100.0 Å². The third-order valence-electron chi connectivity index (χ3n) is 3.69. The van der Waals surface area contributed by atoms with E-state index < -0.39 is 16.3 Å². The Hall–Kier alpha value is -2.22. The van der Waals surface area contributed by atoms with Crippen LogP contribution in [0.1, 0.15) is 5.56 Å². The van der Waals surface area contributed by atoms with E-state index in [0.717, 1.165) is 12.1 Å². The van der Waals surface area contributed by atoms with E-state index in [9.17, 15) is 14.5 Å². The Kier molecular flexibility index (Phi) is 2.82. The van der Waals surface area contributed by atoms with Crippen molar-refractivity contribution in [1.29, 1.82) is 0 Å². The smallest absolute Gasteiger partial charge is 0.282 e. The molecule has 0 radical (unpaired) electrons. The van der Waals surface area contributed by atoms with Gasteiger partial charge in [0.25, 0.3) is 11.7 Å². The number of nitro benzene ring substituents is 1. The number of nitrogens with zero attached hydrogens (tertiary/aromatic N) is 2. The molecule has 0 saturated carbocycles. The number of ether oxygens (including phenoxy) is 2. The van der Waals surface area contributed by atoms with Crippen LogP contribution in [0.5, 0.6) is 0 Å². The molecule has 106 valence electrons. The fourth-order valence-electron chi connectivity index (χ4n) is 2.65. The minimum Gasteiger partial charge on any atom is -0.465 e. The molecule has 0 unspecified atom stereocenters. The van der Waals surface area contributed by atoms with E-state index in [-0.39, 0.29) is 36.4 Å². The van der Waals surface area contributed by atoms with Crippen LogP contribution in [0.15, 0.2) is 23.2 Å². The molecule has 1 saturated heterocycles. The SMILES string of the molecule is NC1=N[C@@]2(c3cc([N+](=O)[O-])ccc3F)COC[C@H]2CO1. The predicted molar refractivity (Wildman–Crippen MR) is 66.6 cm³/mol. The first-order chi connectivity index (χ1) is 9.53. The number of aliphatic imine (C=N–C) groups is 1. The van der Waals surface area contributed by atoms with Crippen LogP contribution in [-0.2, 0) is 15.0 Å². The molecule has 0 aromatic heterocycles. The molecule has 0 aliphatic carbocycles. The highest BCUT2D eigenvalue weighted by Crippen LogP contribution is 2.43. The van der Waals surface area contributed by atoms with Crippen LogP contribution in [0, 0.1) is 21.8 Å². The van der Waals surface area contributed by atoms with Crippen LogP contribution in [-0.4, -0.2) is 30.8 Å². The Balaban J connectivity index is 2.17. The normalized spacial score (nSPS) is 28.4. The summed E-state index contributed by atoms with van der Waals surface area (Å²) >= 11 is 0. The van der Waals surface area contributed by atoms with E-state index in [1.807, 2.05) is 0 Å². The van der Waals surface area contributed by atoms with Crippen molar-refractivity contribution >= 4 is 11.7 Å². The molecule has 8 heteroatoms. The van der Waals surface area contributed by atoms with Crippen LogP contribution >= 0.6 is 0 Å². The molecular formula is C12H12FN3O4. The second-order valence-electron chi connectivity index (χ2n) is 4.82. The minimum absolute atomic E-state index is 0.0577. The number of nitrogens with two attached hydrogens (primary N) is 1. The van der Waals surface area contributed by atoms with E-state index in [2.05, 4.69) is 4.99 Å². The van der Waals surface area contributed by atoms with Crippen LogP contribution in [0.2, 0.25) is 0 Å². The lowest BCUT2D eigenvalue weighted by atomic mass is 9.80. The highest BCUT2D eigenvalue weighted by Gasteiger charge is 2.50. The molecule has 2 atom stereocenters. The van der Waals surface area contributed by atoms with E-state index in [0.29, 0.717) is 6.61 Å². The molecule has 2 N–H and O–H groups in total. The zero-order chi connectivity index (χ0) is 14.3. The lowest BCUT2D eigenvalue weighted by molar-refractivity contribution is -0.385. The van der Waals surface area contributed by atoms with Crippen molar-refractivity contribution in [3.8, 4) is 0 Å². The maximum Gasteiger partial charge on any atom is 0.282 e. The summed E-state index contributed by atoms with van der Waals surface area (Å²) in [5.41, 5.74) is 4.47. The van der Waals surface area contributed by atoms with Crippen molar-refractivity contribution in [2.75, 3.05) is 19.8 Å². The van der Waals surface area contributed by atoms with Gasteiger partial charge in [-0.05, 0) is 6.07 Å². The first-order valence-electron chi connectivity index (χ1n) is 6.03. The van der Waals surface area contributed by atoms with Crippen LogP contribution < -0.4 is 5.73 Å². The number of benzene rings is 1. The lowest BCUT2D eigenvalue weighted by Gasteiger charge is -2.33. The van der Waals surface area contributed by atoms with Crippen molar-refractivity contribution in [1.82, 2.24) is 0 Å². The molecule has 2 aliphatic heterocycles. The Morgan fingerprint density at radius 3 is 3.05 bits per heavy atom. The fourth-order valence-corrected chi connectivity index (χ4v) is 2.65. The minimum atomic E-state index is -1.04. The average molecular weight is 281 g/mol. The number of nitro groups is 1. The first kappa shape index (κ1) is 12.8. The number of non-ortho nitro benzene ring substituents is 1. The highest BCUT2D eigenvalue weighted by molar-refractivity contribution is 5.73. The van der Waals surface area contributed by atoms with Crippen molar-refractivity contribution in [2.45, 2.75) is 5.54 Å². The molecule has 1 fully saturated rings. The van der Waals surface area contributed by atoms with Gasteiger partial charge in [0.15, 0.2) is 0 Å². The van der Waals surface area contributed by atoms with E-state index >= 15 is 0 Å². The Morgan fingerprint density at radius 2 is 2.30 bits per heavy atom. The van der Waals surface area contributed by atoms with Gasteiger partial charge in [0.05, 0.1) is 24.7 Å². The summed E-state index contributed by atoms with van der Waals surface area (Å²) < 4.78 is 24.7. The molecular weight excluding hydrogens is 269 g/mol. The number of hydrogen-bond donors (Lipinski definition) is 1. The zero-order valence-corrected chi connectivity index (χ0v) is 10.4. The van der Waals surface area contributed by atoms with E-state index in [1.54, 1.807) is 0 Å². The highest BCUT2D eigenvalue weighted by atomic mass is 19.1. The van der Waals surface area contributed by atoms with E-state index in [4.69, 9.17) is 15.2 Å². The van der Waals surface area contributed by atoms with Gasteiger partial charge in [0.1, 0.15) is 11.4 Å². The van der Waals surface area contributed by atoms with Crippen LogP contribution in [0.25, 0.3) is 0 Å². The van der Waals surface area contributed by atoms with Gasteiger partial charge in [0.2, 0.25) is 0 Å². The molecule has 20 heavy (non-hydrogen) atoms. The van der Waals surface area contributed by atoms with Gasteiger partial charge in [-0.15, -0.1) is 0 Å². The largest absolute Gasteiger partial charge is 0.465 e. The Bertz CT molecular complexity index is 606. The van der Waals surface area contributed by atoms with Crippen molar-refractivity contribution in [3.05, 3.63) is 39.7 Å². The molecule has 1 aromatic carbocycles. The van der Waals surface area contributed by atoms with Crippen molar-refractivity contribution in [3.63, 3.8) is 0 Å². The quantitative estimate of drug-likeness (QED) is 0.641. The summed E-state index contributed by atoms with van der Waals surface area (Å²) in [5.74, 6) is -0.782. The molecule has 0 amide bonds. The summed E-state index contributed by atoms with van der Waals surface area (Å²) in [5, 5.41) is 10.9. The summed E-state index contributed by atoms with van der Waals surface area (Å²) in [6.45, 7) is 0.718. The van der Waals surface area contributed by atoms with Crippen molar-refractivity contribution < 1.29 is 18.8 Å². The summed E-state index contributed by atoms with van der Waals surface area (Å²) in [4.78, 5) is 14.5. The van der Waals surface area contributed by atoms with Gasteiger partial charge < -0.3 is 15.2 Å². The van der Waals surface area contributed by atoms with Gasteiger partial charge in [-0.1, -0.05) is 0 Å². The maximum absolute atomic E-state index is 14.1. The van der Waals surface area contributed by atoms with Crippen molar-refractivity contribution in [2.24, 2.45) is 16.6 Å². The molecule has 7 nitrogen and oxygen atoms in total.